The van der Waals surface area contributed by atoms with Gasteiger partial charge in [0, 0.05) is 5.69 Å². The lowest BCUT2D eigenvalue weighted by atomic mass is 10.0. The number of carboxylic acid groups (broad SMARTS) is 1. The minimum atomic E-state index is -0.943. The number of carbonyl (C=O) groups excluding carboxylic acids is 1. The van der Waals surface area contributed by atoms with Gasteiger partial charge in [0.1, 0.15) is 17.4 Å². The van der Waals surface area contributed by atoms with Gasteiger partial charge < -0.3 is 15.2 Å². The van der Waals surface area contributed by atoms with E-state index < -0.39 is 11.9 Å². The summed E-state index contributed by atoms with van der Waals surface area (Å²) in [6, 6.07) is 12.6. The fourth-order valence-electron chi connectivity index (χ4n) is 2.82. The van der Waals surface area contributed by atoms with E-state index in [1.165, 1.54) is 6.08 Å². The lowest BCUT2D eigenvalue weighted by Gasteiger charge is -2.12. The summed E-state index contributed by atoms with van der Waals surface area (Å²) in [5.74, 6) is -0.964. The van der Waals surface area contributed by atoms with Crippen molar-refractivity contribution in [1.82, 2.24) is 0 Å². The first-order valence-electron chi connectivity index (χ1n) is 8.76. The number of amides is 1. The summed E-state index contributed by atoms with van der Waals surface area (Å²) in [5.41, 5.74) is 4.22. The fourth-order valence-corrected chi connectivity index (χ4v) is 2.82. The van der Waals surface area contributed by atoms with Crippen LogP contribution < -0.4 is 10.1 Å². The third kappa shape index (κ3) is 5.71. The number of ether oxygens (including phenoxy) is 1. The van der Waals surface area contributed by atoms with Gasteiger partial charge in [0.15, 0.2) is 0 Å². The number of carbonyl (C=O) groups is 2. The molecular weight excluding hydrogens is 356 g/mol. The minimum Gasteiger partial charge on any atom is -0.493 e. The Morgan fingerprint density at radius 1 is 1.18 bits per heavy atom. The zero-order chi connectivity index (χ0) is 20.7. The summed E-state index contributed by atoms with van der Waals surface area (Å²) in [4.78, 5) is 23.1. The largest absolute Gasteiger partial charge is 0.493 e. The number of rotatable bonds is 7. The average Bonchev–Trinajstić information content (AvgIpc) is 2.62. The van der Waals surface area contributed by atoms with Crippen molar-refractivity contribution in [2.75, 3.05) is 11.9 Å². The molecule has 2 rings (SSSR count). The molecule has 0 saturated carbocycles. The molecule has 0 radical (unpaired) electrons. The van der Waals surface area contributed by atoms with E-state index in [0.717, 1.165) is 16.7 Å². The Morgan fingerprint density at radius 3 is 2.46 bits per heavy atom. The zero-order valence-corrected chi connectivity index (χ0v) is 16.1. The number of hydrogen-bond acceptors (Lipinski definition) is 4. The van der Waals surface area contributed by atoms with E-state index in [4.69, 9.17) is 9.84 Å². The van der Waals surface area contributed by atoms with E-state index in [-0.39, 0.29) is 18.6 Å². The first-order valence-corrected chi connectivity index (χ1v) is 8.76. The van der Waals surface area contributed by atoms with Gasteiger partial charge in [0.25, 0.3) is 5.91 Å². The summed E-state index contributed by atoms with van der Waals surface area (Å²) >= 11 is 0. The molecule has 0 bridgehead atoms. The van der Waals surface area contributed by atoms with E-state index in [2.05, 4.69) is 5.32 Å². The second kappa shape index (κ2) is 9.38. The van der Waals surface area contributed by atoms with Crippen LogP contribution in [0.4, 0.5) is 5.69 Å². The molecule has 0 saturated heterocycles. The van der Waals surface area contributed by atoms with Crippen LogP contribution in [-0.2, 0) is 9.59 Å². The molecule has 0 aliphatic rings. The van der Waals surface area contributed by atoms with Crippen molar-refractivity contribution in [1.29, 1.82) is 5.26 Å². The zero-order valence-electron chi connectivity index (χ0n) is 16.1. The molecule has 0 fully saturated rings. The number of benzene rings is 2. The summed E-state index contributed by atoms with van der Waals surface area (Å²) in [6.07, 6.45) is 1.36. The quantitative estimate of drug-likeness (QED) is 0.560. The first kappa shape index (κ1) is 20.7. The second-order valence-electron chi connectivity index (χ2n) is 6.46. The predicted octanol–water partition coefficient (Wildman–Crippen LogP) is 4.01. The molecule has 0 heterocycles. The molecule has 28 heavy (non-hydrogen) atoms. The monoisotopic (exact) mass is 378 g/mol. The van der Waals surface area contributed by atoms with Crippen LogP contribution in [0.2, 0.25) is 0 Å². The smallest absolute Gasteiger partial charge is 0.306 e. The van der Waals surface area contributed by atoms with Crippen LogP contribution in [0.3, 0.4) is 0 Å². The molecule has 0 aliphatic heterocycles. The Hall–Kier alpha value is -3.59. The van der Waals surface area contributed by atoms with Crippen LogP contribution in [0.25, 0.3) is 6.08 Å². The van der Waals surface area contributed by atoms with Crippen LogP contribution in [0, 0.1) is 32.1 Å². The Morgan fingerprint density at radius 2 is 1.86 bits per heavy atom. The van der Waals surface area contributed by atoms with Gasteiger partial charge in [-0.25, -0.2) is 0 Å². The number of anilines is 1. The molecule has 6 heteroatoms. The Labute approximate surface area is 164 Å². The summed E-state index contributed by atoms with van der Waals surface area (Å²) in [5, 5.41) is 20.9. The minimum absolute atomic E-state index is 0.0398. The Kier molecular flexibility index (Phi) is 6.94. The van der Waals surface area contributed by atoms with E-state index in [1.54, 1.807) is 24.3 Å². The van der Waals surface area contributed by atoms with Crippen molar-refractivity contribution < 1.29 is 19.4 Å². The lowest BCUT2D eigenvalue weighted by Crippen LogP contribution is -2.15. The average molecular weight is 378 g/mol. The van der Waals surface area contributed by atoms with Crippen molar-refractivity contribution >= 4 is 23.6 Å². The number of carboxylic acids is 1. The van der Waals surface area contributed by atoms with Crippen LogP contribution in [0.5, 0.6) is 5.75 Å². The molecule has 0 aliphatic carbocycles. The number of nitrogens with one attached hydrogen (secondary N) is 1. The van der Waals surface area contributed by atoms with Crippen molar-refractivity contribution in [3.05, 3.63) is 64.2 Å². The fraction of sp³-hybridized carbons (Fsp3) is 0.227. The standard InChI is InChI=1S/C22H22N2O4/c1-14-9-15(2)21(16(3)10-14)24-22(27)18(13-23)11-17-5-4-6-19(12-17)28-8-7-20(25)26/h4-6,9-12H,7-8H2,1-3H3,(H,24,27)(H,25,26). The predicted molar refractivity (Wildman–Crippen MR) is 107 cm³/mol. The van der Waals surface area contributed by atoms with Crippen LogP contribution in [-0.4, -0.2) is 23.6 Å². The third-order valence-electron chi connectivity index (χ3n) is 4.03. The molecule has 0 aromatic heterocycles. The van der Waals surface area contributed by atoms with Crippen molar-refractivity contribution in [2.45, 2.75) is 27.2 Å². The van der Waals surface area contributed by atoms with Crippen LogP contribution in [0.1, 0.15) is 28.7 Å². The summed E-state index contributed by atoms with van der Waals surface area (Å²) < 4.78 is 5.38. The van der Waals surface area contributed by atoms with Crippen molar-refractivity contribution in [3.63, 3.8) is 0 Å². The molecule has 1 amide bonds. The second-order valence-corrected chi connectivity index (χ2v) is 6.46. The number of aliphatic carboxylic acids is 1. The van der Waals surface area contributed by atoms with E-state index in [1.807, 2.05) is 39.0 Å². The molecule has 6 nitrogen and oxygen atoms in total. The highest BCUT2D eigenvalue weighted by Gasteiger charge is 2.13. The first-order chi connectivity index (χ1) is 13.3. The SMILES string of the molecule is Cc1cc(C)c(NC(=O)C(C#N)=Cc2cccc(OCCC(=O)O)c2)c(C)c1. The van der Waals surface area contributed by atoms with E-state index in [9.17, 15) is 14.9 Å². The van der Waals surface area contributed by atoms with Gasteiger partial charge in [-0.3, -0.25) is 9.59 Å². The van der Waals surface area contributed by atoms with Gasteiger partial charge in [0.2, 0.25) is 0 Å². The van der Waals surface area contributed by atoms with Crippen molar-refractivity contribution in [3.8, 4) is 11.8 Å². The van der Waals surface area contributed by atoms with Gasteiger partial charge in [-0.15, -0.1) is 0 Å². The van der Waals surface area contributed by atoms with Crippen LogP contribution in [0.15, 0.2) is 42.0 Å². The molecule has 144 valence electrons. The number of nitrogens with zero attached hydrogens (tertiary/aromatic N) is 1. The Bertz CT molecular complexity index is 948. The topological polar surface area (TPSA) is 99.4 Å². The molecule has 2 aromatic carbocycles. The summed E-state index contributed by atoms with van der Waals surface area (Å²) in [7, 11) is 0. The van der Waals surface area contributed by atoms with Gasteiger partial charge in [-0.2, -0.15) is 5.26 Å². The number of nitriles is 1. The van der Waals surface area contributed by atoms with Gasteiger partial charge in [-0.05, 0) is 55.7 Å². The maximum Gasteiger partial charge on any atom is 0.306 e. The van der Waals surface area contributed by atoms with Gasteiger partial charge in [0.05, 0.1) is 13.0 Å². The van der Waals surface area contributed by atoms with Crippen LogP contribution >= 0.6 is 0 Å². The summed E-state index contributed by atoms with van der Waals surface area (Å²) in [6.45, 7) is 5.84. The Balaban J connectivity index is 2.18. The third-order valence-corrected chi connectivity index (χ3v) is 4.03. The molecule has 0 spiro atoms. The molecular formula is C22H22N2O4. The lowest BCUT2D eigenvalue weighted by molar-refractivity contribution is -0.137. The highest BCUT2D eigenvalue weighted by atomic mass is 16.5. The molecule has 2 aromatic rings. The van der Waals surface area contributed by atoms with Crippen molar-refractivity contribution in [2.24, 2.45) is 0 Å². The number of hydrogen-bond donors (Lipinski definition) is 2. The molecule has 0 atom stereocenters. The van der Waals surface area contributed by atoms with Gasteiger partial charge in [-0.1, -0.05) is 29.8 Å². The van der Waals surface area contributed by atoms with E-state index >= 15 is 0 Å². The maximum absolute atomic E-state index is 12.6. The van der Waals surface area contributed by atoms with E-state index in [0.29, 0.717) is 17.0 Å². The highest BCUT2D eigenvalue weighted by molar-refractivity contribution is 6.10. The molecule has 0 unspecified atom stereocenters. The maximum atomic E-state index is 12.6. The number of aryl methyl sites for hydroxylation is 3. The highest BCUT2D eigenvalue weighted by Crippen LogP contribution is 2.23. The van der Waals surface area contributed by atoms with Gasteiger partial charge >= 0.3 is 5.97 Å². The normalized spacial score (nSPS) is 10.9. The molecule has 2 N–H and O–H groups in total.